The number of phenolic OH excluding ortho intramolecular Hbond substituents is 1. The van der Waals surface area contributed by atoms with E-state index in [4.69, 9.17) is 5.26 Å². The summed E-state index contributed by atoms with van der Waals surface area (Å²) >= 11 is 0. The molecule has 2 rings (SSSR count). The van der Waals surface area contributed by atoms with Crippen LogP contribution in [0.3, 0.4) is 0 Å². The molecule has 0 amide bonds. The van der Waals surface area contributed by atoms with E-state index >= 15 is 0 Å². The lowest BCUT2D eigenvalue weighted by Gasteiger charge is -2.36. The van der Waals surface area contributed by atoms with E-state index in [1.165, 1.54) is 0 Å². The van der Waals surface area contributed by atoms with Crippen LogP contribution in [0.1, 0.15) is 43.4 Å². The number of nitriles is 1. The third kappa shape index (κ3) is 1.23. The monoisotopic (exact) mass is 201 g/mol. The number of hydrogen-bond acceptors (Lipinski definition) is 2. The fourth-order valence-corrected chi connectivity index (χ4v) is 2.34. The summed E-state index contributed by atoms with van der Waals surface area (Å²) in [4.78, 5) is 0. The molecule has 0 heterocycles. The number of benzene rings is 1. The van der Waals surface area contributed by atoms with Crippen LogP contribution in [0, 0.1) is 11.3 Å². The first-order valence-electron chi connectivity index (χ1n) is 5.26. The summed E-state index contributed by atoms with van der Waals surface area (Å²) in [5.41, 5.74) is 2.41. The molecule has 78 valence electrons. The Morgan fingerprint density at radius 1 is 1.47 bits per heavy atom. The Morgan fingerprint density at radius 3 is 2.67 bits per heavy atom. The minimum Gasteiger partial charge on any atom is -0.507 e. The summed E-state index contributed by atoms with van der Waals surface area (Å²) in [5.74, 6) is 0.622. The molecule has 1 aliphatic carbocycles. The first-order valence-corrected chi connectivity index (χ1v) is 5.26. The van der Waals surface area contributed by atoms with E-state index in [0.717, 1.165) is 23.1 Å². The molecule has 1 aliphatic rings. The van der Waals surface area contributed by atoms with E-state index in [1.54, 1.807) is 0 Å². The molecule has 1 atom stereocenters. The largest absolute Gasteiger partial charge is 0.507 e. The van der Waals surface area contributed by atoms with Crippen molar-refractivity contribution in [1.29, 1.82) is 5.26 Å². The SMILES string of the molecule is CC(C)c1ccc2c(c1O)C(C)(C#N)C2. The van der Waals surface area contributed by atoms with Gasteiger partial charge in [0.25, 0.3) is 0 Å². The molecule has 0 bridgehead atoms. The Labute approximate surface area is 90.2 Å². The summed E-state index contributed by atoms with van der Waals surface area (Å²) in [7, 11) is 0. The molecule has 2 nitrogen and oxygen atoms in total. The normalized spacial score (nSPS) is 23.1. The van der Waals surface area contributed by atoms with E-state index in [0.29, 0.717) is 11.7 Å². The van der Waals surface area contributed by atoms with E-state index in [9.17, 15) is 5.11 Å². The summed E-state index contributed by atoms with van der Waals surface area (Å²) in [6.45, 7) is 5.98. The Morgan fingerprint density at radius 2 is 2.13 bits per heavy atom. The van der Waals surface area contributed by atoms with Gasteiger partial charge in [-0.25, -0.2) is 0 Å². The molecule has 0 aromatic heterocycles. The number of rotatable bonds is 1. The van der Waals surface area contributed by atoms with Crippen LogP contribution in [0.15, 0.2) is 12.1 Å². The third-order valence-corrected chi connectivity index (χ3v) is 3.26. The van der Waals surface area contributed by atoms with Gasteiger partial charge in [0.2, 0.25) is 0 Å². The van der Waals surface area contributed by atoms with Crippen molar-refractivity contribution in [2.75, 3.05) is 0 Å². The Balaban J connectivity index is 2.60. The minimum atomic E-state index is -0.482. The van der Waals surface area contributed by atoms with Gasteiger partial charge in [-0.1, -0.05) is 26.0 Å². The zero-order chi connectivity index (χ0) is 11.2. The van der Waals surface area contributed by atoms with Crippen LogP contribution in [0.2, 0.25) is 0 Å². The first-order chi connectivity index (χ1) is 6.99. The standard InChI is InChI=1S/C13H15NO/c1-8(2)10-5-4-9-6-13(3,7-14)11(9)12(10)15/h4-5,8,15H,6H2,1-3H3. The van der Waals surface area contributed by atoms with Crippen LogP contribution in [-0.4, -0.2) is 5.11 Å². The van der Waals surface area contributed by atoms with Crippen molar-refractivity contribution in [3.8, 4) is 11.8 Å². The predicted molar refractivity (Wildman–Crippen MR) is 58.9 cm³/mol. The van der Waals surface area contributed by atoms with Crippen molar-refractivity contribution in [3.63, 3.8) is 0 Å². The Bertz CT molecular complexity index is 456. The van der Waals surface area contributed by atoms with E-state index in [2.05, 4.69) is 6.07 Å². The molecule has 2 heteroatoms. The number of aromatic hydroxyl groups is 1. The zero-order valence-electron chi connectivity index (χ0n) is 9.33. The lowest BCUT2D eigenvalue weighted by atomic mass is 9.65. The van der Waals surface area contributed by atoms with Gasteiger partial charge >= 0.3 is 0 Å². The van der Waals surface area contributed by atoms with Crippen LogP contribution >= 0.6 is 0 Å². The number of fused-ring (bicyclic) bond motifs is 1. The Kier molecular flexibility index (Phi) is 2.01. The smallest absolute Gasteiger partial charge is 0.124 e. The van der Waals surface area contributed by atoms with Gasteiger partial charge in [0, 0.05) is 5.56 Å². The van der Waals surface area contributed by atoms with Gasteiger partial charge < -0.3 is 5.11 Å². The van der Waals surface area contributed by atoms with Crippen molar-refractivity contribution in [2.24, 2.45) is 0 Å². The van der Waals surface area contributed by atoms with Crippen molar-refractivity contribution in [2.45, 2.75) is 38.5 Å². The fourth-order valence-electron chi connectivity index (χ4n) is 2.34. The van der Waals surface area contributed by atoms with Gasteiger partial charge in [-0.15, -0.1) is 0 Å². The molecule has 0 saturated carbocycles. The molecule has 0 fully saturated rings. The van der Waals surface area contributed by atoms with Crippen LogP contribution in [0.25, 0.3) is 0 Å². The van der Waals surface area contributed by atoms with Crippen LogP contribution in [0.4, 0.5) is 0 Å². The zero-order valence-corrected chi connectivity index (χ0v) is 9.33. The highest BCUT2D eigenvalue weighted by Gasteiger charge is 2.42. The second-order valence-corrected chi connectivity index (χ2v) is 4.81. The topological polar surface area (TPSA) is 44.0 Å². The maximum absolute atomic E-state index is 10.1. The highest BCUT2D eigenvalue weighted by atomic mass is 16.3. The molecule has 1 N–H and O–H groups in total. The fraction of sp³-hybridized carbons (Fsp3) is 0.462. The minimum absolute atomic E-state index is 0.291. The van der Waals surface area contributed by atoms with Crippen molar-refractivity contribution in [1.82, 2.24) is 0 Å². The van der Waals surface area contributed by atoms with Crippen molar-refractivity contribution in [3.05, 3.63) is 28.8 Å². The average molecular weight is 201 g/mol. The maximum atomic E-state index is 10.1. The summed E-state index contributed by atoms with van der Waals surface area (Å²) in [6.07, 6.45) is 0.755. The number of phenols is 1. The molecule has 0 spiro atoms. The molecular formula is C13H15NO. The molecule has 15 heavy (non-hydrogen) atoms. The lowest BCUT2D eigenvalue weighted by Crippen LogP contribution is -2.34. The van der Waals surface area contributed by atoms with Gasteiger partial charge in [-0.2, -0.15) is 5.26 Å². The highest BCUT2D eigenvalue weighted by molar-refractivity contribution is 5.59. The lowest BCUT2D eigenvalue weighted by molar-refractivity contribution is 0.418. The van der Waals surface area contributed by atoms with E-state index < -0.39 is 5.41 Å². The molecule has 0 aliphatic heterocycles. The van der Waals surface area contributed by atoms with Crippen LogP contribution < -0.4 is 0 Å². The van der Waals surface area contributed by atoms with Crippen molar-refractivity contribution >= 4 is 0 Å². The predicted octanol–water partition coefficient (Wildman–Crippen LogP) is 2.85. The van der Waals surface area contributed by atoms with E-state index in [-0.39, 0.29) is 0 Å². The van der Waals surface area contributed by atoms with Gasteiger partial charge in [0.05, 0.1) is 11.5 Å². The van der Waals surface area contributed by atoms with Crippen LogP contribution in [0.5, 0.6) is 5.75 Å². The molecule has 0 radical (unpaired) electrons. The second-order valence-electron chi connectivity index (χ2n) is 4.81. The summed E-state index contributed by atoms with van der Waals surface area (Å²) in [6, 6.07) is 6.28. The van der Waals surface area contributed by atoms with Gasteiger partial charge in [-0.3, -0.25) is 0 Å². The number of nitrogens with zero attached hydrogens (tertiary/aromatic N) is 1. The second kappa shape index (κ2) is 3.00. The van der Waals surface area contributed by atoms with Crippen LogP contribution in [-0.2, 0) is 11.8 Å². The van der Waals surface area contributed by atoms with Crippen molar-refractivity contribution < 1.29 is 5.11 Å². The molecule has 1 unspecified atom stereocenters. The molecule has 0 saturated heterocycles. The Hall–Kier alpha value is -1.49. The summed E-state index contributed by atoms with van der Waals surface area (Å²) < 4.78 is 0. The first kappa shape index (κ1) is 10.0. The molecule has 1 aromatic carbocycles. The van der Waals surface area contributed by atoms with Gasteiger partial charge in [0.15, 0.2) is 0 Å². The molecular weight excluding hydrogens is 186 g/mol. The van der Waals surface area contributed by atoms with E-state index in [1.807, 2.05) is 32.9 Å². The van der Waals surface area contributed by atoms with Gasteiger partial charge in [0.1, 0.15) is 5.75 Å². The highest BCUT2D eigenvalue weighted by Crippen LogP contribution is 2.48. The van der Waals surface area contributed by atoms with Gasteiger partial charge in [-0.05, 0) is 30.4 Å². The number of hydrogen-bond donors (Lipinski definition) is 1. The molecule has 1 aromatic rings. The summed E-state index contributed by atoms with van der Waals surface area (Å²) in [5, 5.41) is 19.2. The average Bonchev–Trinajstić information content (AvgIpc) is 2.14. The maximum Gasteiger partial charge on any atom is 0.124 e. The third-order valence-electron chi connectivity index (χ3n) is 3.26. The quantitative estimate of drug-likeness (QED) is 0.759.